The summed E-state index contributed by atoms with van der Waals surface area (Å²) < 4.78 is 30.1. The molecule has 6 heteroatoms. The Morgan fingerprint density at radius 1 is 1.50 bits per heavy atom. The number of methoxy groups -OCH3 is 1. The molecule has 0 bridgehead atoms. The lowest BCUT2D eigenvalue weighted by Crippen LogP contribution is -2.38. The predicted octanol–water partition coefficient (Wildman–Crippen LogP) is 0.406. The zero-order chi connectivity index (χ0) is 12.2. The topological polar surface area (TPSA) is 63.7 Å². The van der Waals surface area contributed by atoms with Crippen LogP contribution in [0.5, 0.6) is 0 Å². The van der Waals surface area contributed by atoms with Gasteiger partial charge in [-0.25, -0.2) is 8.42 Å². The second kappa shape index (κ2) is 5.75. The molecule has 1 unspecified atom stereocenters. The molecule has 0 N–H and O–H groups in total. The first-order chi connectivity index (χ1) is 7.47. The molecule has 1 heterocycles. The van der Waals surface area contributed by atoms with E-state index in [-0.39, 0.29) is 24.2 Å². The minimum absolute atomic E-state index is 0.00208. The maximum absolute atomic E-state index is 11.9. The molecule has 1 aliphatic heterocycles. The van der Waals surface area contributed by atoms with Gasteiger partial charge >= 0.3 is 0 Å². The highest BCUT2D eigenvalue weighted by atomic mass is 32.2. The highest BCUT2D eigenvalue weighted by Crippen LogP contribution is 2.23. The molecule has 5 nitrogen and oxygen atoms in total. The molecule has 16 heavy (non-hydrogen) atoms. The van der Waals surface area contributed by atoms with Crippen LogP contribution in [0.1, 0.15) is 26.2 Å². The normalized spacial score (nSPS) is 22.5. The highest BCUT2D eigenvalue weighted by molar-refractivity contribution is 7.89. The van der Waals surface area contributed by atoms with E-state index < -0.39 is 10.0 Å². The van der Waals surface area contributed by atoms with Crippen molar-refractivity contribution in [3.8, 4) is 0 Å². The number of hydrogen-bond acceptors (Lipinski definition) is 4. The number of ketones is 1. The van der Waals surface area contributed by atoms with E-state index in [9.17, 15) is 13.2 Å². The van der Waals surface area contributed by atoms with Crippen LogP contribution in [0, 0.1) is 0 Å². The van der Waals surface area contributed by atoms with Gasteiger partial charge in [-0.05, 0) is 19.8 Å². The Bertz CT molecular complexity index is 339. The summed E-state index contributed by atoms with van der Waals surface area (Å²) in [4.78, 5) is 11.0. The van der Waals surface area contributed by atoms with E-state index in [0.717, 1.165) is 12.8 Å². The van der Waals surface area contributed by atoms with Crippen LogP contribution in [0.4, 0.5) is 0 Å². The van der Waals surface area contributed by atoms with Gasteiger partial charge in [-0.1, -0.05) is 0 Å². The number of carbonyl (C=O) groups excluding carboxylic acids is 1. The Morgan fingerprint density at radius 3 is 2.75 bits per heavy atom. The number of rotatable bonds is 6. The second-order valence-electron chi connectivity index (χ2n) is 4.12. The van der Waals surface area contributed by atoms with Gasteiger partial charge in [-0.2, -0.15) is 4.31 Å². The molecule has 1 aliphatic rings. The minimum atomic E-state index is -3.26. The van der Waals surface area contributed by atoms with E-state index in [4.69, 9.17) is 4.74 Å². The average Bonchev–Trinajstić information content (AvgIpc) is 2.62. The summed E-state index contributed by atoms with van der Waals surface area (Å²) in [7, 11) is -1.78. The number of nitrogens with zero attached hydrogens (tertiary/aromatic N) is 1. The molecule has 1 fully saturated rings. The molecule has 0 saturated carbocycles. The van der Waals surface area contributed by atoms with E-state index >= 15 is 0 Å². The third-order valence-electron chi connectivity index (χ3n) is 2.75. The molecular formula is C10H19NO4S. The first-order valence-electron chi connectivity index (χ1n) is 5.45. The lowest BCUT2D eigenvalue weighted by molar-refractivity contribution is -0.117. The summed E-state index contributed by atoms with van der Waals surface area (Å²) in [6, 6.07) is -0.139. The fourth-order valence-electron chi connectivity index (χ4n) is 2.02. The first-order valence-corrected chi connectivity index (χ1v) is 7.06. The first kappa shape index (κ1) is 13.6. The standard InChI is InChI=1S/C10H19NO4S/c1-9(12)8-10-4-3-5-11(10)16(13,14)7-6-15-2/h10H,3-8H2,1-2H3. The maximum atomic E-state index is 11.9. The Kier molecular flexibility index (Phi) is 4.89. The van der Waals surface area contributed by atoms with Crippen molar-refractivity contribution in [1.29, 1.82) is 0 Å². The molecule has 0 aromatic carbocycles. The van der Waals surface area contributed by atoms with Gasteiger partial charge in [0.2, 0.25) is 10.0 Å². The van der Waals surface area contributed by atoms with E-state index in [1.54, 1.807) is 0 Å². The molecule has 0 radical (unpaired) electrons. The monoisotopic (exact) mass is 249 g/mol. The molecule has 94 valence electrons. The molecule has 0 aliphatic carbocycles. The van der Waals surface area contributed by atoms with E-state index in [2.05, 4.69) is 0 Å². The van der Waals surface area contributed by atoms with Crippen LogP contribution < -0.4 is 0 Å². The average molecular weight is 249 g/mol. The number of sulfonamides is 1. The Morgan fingerprint density at radius 2 is 2.19 bits per heavy atom. The molecular weight excluding hydrogens is 230 g/mol. The van der Waals surface area contributed by atoms with Crippen molar-refractivity contribution in [1.82, 2.24) is 4.31 Å². The minimum Gasteiger partial charge on any atom is -0.384 e. The lowest BCUT2D eigenvalue weighted by atomic mass is 10.1. The van der Waals surface area contributed by atoms with Crippen molar-refractivity contribution < 1.29 is 17.9 Å². The molecule has 0 aromatic heterocycles. The number of Topliss-reactive ketones (excluding diaryl/α,β-unsaturated/α-hetero) is 1. The third kappa shape index (κ3) is 3.54. The van der Waals surface area contributed by atoms with Gasteiger partial charge in [0, 0.05) is 26.1 Å². The quantitative estimate of drug-likeness (QED) is 0.684. The SMILES string of the molecule is COCCS(=O)(=O)N1CCCC1CC(C)=O. The van der Waals surface area contributed by atoms with E-state index in [1.807, 2.05) is 0 Å². The summed E-state index contributed by atoms with van der Waals surface area (Å²) in [5, 5.41) is 0. The smallest absolute Gasteiger partial charge is 0.216 e. The van der Waals surface area contributed by atoms with Gasteiger partial charge in [0.05, 0.1) is 12.4 Å². The van der Waals surface area contributed by atoms with Crippen LogP contribution in [-0.2, 0) is 19.6 Å². The number of carbonyl (C=O) groups is 1. The summed E-state index contributed by atoms with van der Waals surface area (Å²) in [5.74, 6) is 0.0385. The molecule has 1 rings (SSSR count). The molecule has 0 amide bonds. The molecule has 1 atom stereocenters. The largest absolute Gasteiger partial charge is 0.384 e. The predicted molar refractivity (Wildman–Crippen MR) is 60.7 cm³/mol. The third-order valence-corrected chi connectivity index (χ3v) is 4.63. The van der Waals surface area contributed by atoms with Crippen LogP contribution in [0.15, 0.2) is 0 Å². The second-order valence-corrected chi connectivity index (χ2v) is 6.16. The number of hydrogen-bond donors (Lipinski definition) is 0. The summed E-state index contributed by atoms with van der Waals surface area (Å²) >= 11 is 0. The number of ether oxygens (including phenoxy) is 1. The molecule has 0 spiro atoms. The van der Waals surface area contributed by atoms with Crippen molar-refractivity contribution in [3.63, 3.8) is 0 Å². The Labute approximate surface area is 96.8 Å². The van der Waals surface area contributed by atoms with Gasteiger partial charge in [-0.15, -0.1) is 0 Å². The Balaban J connectivity index is 2.66. The molecule has 0 aromatic rings. The van der Waals surface area contributed by atoms with Gasteiger partial charge in [-0.3, -0.25) is 4.79 Å². The van der Waals surface area contributed by atoms with Gasteiger partial charge in [0.1, 0.15) is 5.78 Å². The zero-order valence-electron chi connectivity index (χ0n) is 9.81. The molecule has 1 saturated heterocycles. The zero-order valence-corrected chi connectivity index (χ0v) is 10.6. The van der Waals surface area contributed by atoms with Crippen molar-refractivity contribution in [2.75, 3.05) is 26.0 Å². The summed E-state index contributed by atoms with van der Waals surface area (Å²) in [6.07, 6.45) is 1.95. The van der Waals surface area contributed by atoms with Crippen molar-refractivity contribution in [2.24, 2.45) is 0 Å². The van der Waals surface area contributed by atoms with E-state index in [1.165, 1.54) is 18.3 Å². The van der Waals surface area contributed by atoms with Crippen molar-refractivity contribution >= 4 is 15.8 Å². The maximum Gasteiger partial charge on any atom is 0.216 e. The van der Waals surface area contributed by atoms with Gasteiger partial charge < -0.3 is 4.74 Å². The van der Waals surface area contributed by atoms with Crippen LogP contribution >= 0.6 is 0 Å². The van der Waals surface area contributed by atoms with E-state index in [0.29, 0.717) is 13.0 Å². The van der Waals surface area contributed by atoms with Crippen LogP contribution in [0.25, 0.3) is 0 Å². The summed E-state index contributed by atoms with van der Waals surface area (Å²) in [5.41, 5.74) is 0. The van der Waals surface area contributed by atoms with Crippen molar-refractivity contribution in [2.45, 2.75) is 32.2 Å². The fraction of sp³-hybridized carbons (Fsp3) is 0.900. The Hall–Kier alpha value is -0.460. The van der Waals surface area contributed by atoms with Gasteiger partial charge in [0.25, 0.3) is 0 Å². The van der Waals surface area contributed by atoms with Crippen LogP contribution in [-0.4, -0.2) is 50.6 Å². The summed E-state index contributed by atoms with van der Waals surface area (Å²) in [6.45, 7) is 2.23. The van der Waals surface area contributed by atoms with Gasteiger partial charge in [0.15, 0.2) is 0 Å². The van der Waals surface area contributed by atoms with Crippen molar-refractivity contribution in [3.05, 3.63) is 0 Å². The van der Waals surface area contributed by atoms with Crippen LogP contribution in [0.2, 0.25) is 0 Å². The fourth-order valence-corrected chi connectivity index (χ4v) is 3.67. The highest BCUT2D eigenvalue weighted by Gasteiger charge is 2.34. The lowest BCUT2D eigenvalue weighted by Gasteiger charge is -2.23. The van der Waals surface area contributed by atoms with Crippen LogP contribution in [0.3, 0.4) is 0 Å².